The van der Waals surface area contributed by atoms with Crippen molar-refractivity contribution >= 4 is 40.8 Å². The Kier molecular flexibility index (Phi) is 7.27. The van der Waals surface area contributed by atoms with Gasteiger partial charge in [0.1, 0.15) is 11.8 Å². The highest BCUT2D eigenvalue weighted by atomic mass is 35.6. The second-order valence-corrected chi connectivity index (χ2v) is 7.73. The molecule has 3 fully saturated rings. The minimum Gasteiger partial charge on any atom is -0.480 e. The number of nitrogens with zero attached hydrogens (tertiary/aromatic N) is 1. The molecule has 0 aliphatic carbocycles. The maximum absolute atomic E-state index is 10.1. The second kappa shape index (κ2) is 8.06. The Labute approximate surface area is 146 Å². The summed E-state index contributed by atoms with van der Waals surface area (Å²) < 4.78 is 4.04. The topological polar surface area (TPSA) is 61.8 Å². The van der Waals surface area contributed by atoms with E-state index in [0.717, 1.165) is 44.5 Å². The fourth-order valence-corrected chi connectivity index (χ4v) is 3.36. The summed E-state index contributed by atoms with van der Waals surface area (Å²) in [6, 6.07) is -0.0179. The van der Waals surface area contributed by atoms with E-state index >= 15 is 0 Å². The van der Waals surface area contributed by atoms with Crippen LogP contribution in [-0.2, 0) is 9.53 Å². The first-order valence-corrected chi connectivity index (χ1v) is 8.08. The van der Waals surface area contributed by atoms with Crippen LogP contribution in [0.5, 0.6) is 0 Å². The van der Waals surface area contributed by atoms with E-state index in [2.05, 4.69) is 16.8 Å². The Morgan fingerprint density at radius 3 is 2.50 bits per heavy atom. The number of rotatable bonds is 1. The first-order valence-electron chi connectivity index (χ1n) is 6.95. The molecule has 0 bridgehead atoms. The van der Waals surface area contributed by atoms with Gasteiger partial charge in [0.2, 0.25) is 3.79 Å². The highest BCUT2D eigenvalue weighted by molar-refractivity contribution is 6.68. The molecule has 22 heavy (non-hydrogen) atoms. The summed E-state index contributed by atoms with van der Waals surface area (Å²) in [5.74, 6) is 0.0105. The maximum atomic E-state index is 10.1. The number of hydrogen-bond donors (Lipinski definition) is 2. The fourth-order valence-electron chi connectivity index (χ4n) is 2.86. The van der Waals surface area contributed by atoms with Gasteiger partial charge in [-0.25, -0.2) is 0 Å². The Morgan fingerprint density at radius 2 is 2.05 bits per heavy atom. The normalized spacial score (nSPS) is 30.9. The first-order chi connectivity index (χ1) is 9.80. The number of nitrogens with one attached hydrogen (secondary N) is 1. The molecule has 5 nitrogen and oxygen atoms in total. The minimum atomic E-state index is -1.39. The smallest absolute Gasteiger partial charge is 0.320 e. The molecule has 0 radical (unpaired) electrons. The number of ether oxygens (including phenoxy) is 1. The molecule has 3 aliphatic rings. The van der Waals surface area contributed by atoms with Crippen LogP contribution in [0.1, 0.15) is 33.1 Å². The van der Waals surface area contributed by atoms with Gasteiger partial charge in [0.25, 0.3) is 0 Å². The molecule has 3 atom stereocenters. The number of carbonyl (C=O) groups is 1. The lowest BCUT2D eigenvalue weighted by molar-refractivity contribution is -0.139. The SMILES string of the molecule is C.C=C1O[C@@H](C(Cl)(Cl)Cl)N2CCC[C@H]12.O=C(O)[C@H]1CCCN1. The lowest BCUT2D eigenvalue weighted by atomic mass is 10.2. The van der Waals surface area contributed by atoms with Gasteiger partial charge >= 0.3 is 5.97 Å². The molecule has 0 aromatic carbocycles. The summed E-state index contributed by atoms with van der Waals surface area (Å²) in [4.78, 5) is 12.2. The van der Waals surface area contributed by atoms with Gasteiger partial charge in [-0.05, 0) is 32.2 Å². The number of fused-ring (bicyclic) bond motifs is 1. The highest BCUT2D eigenvalue weighted by Gasteiger charge is 2.50. The zero-order chi connectivity index (χ0) is 15.6. The van der Waals surface area contributed by atoms with E-state index in [1.54, 1.807) is 0 Å². The Morgan fingerprint density at radius 1 is 1.36 bits per heavy atom. The second-order valence-electron chi connectivity index (χ2n) is 5.36. The summed E-state index contributed by atoms with van der Waals surface area (Å²) in [6.45, 7) is 5.60. The first kappa shape index (κ1) is 19.8. The van der Waals surface area contributed by atoms with Crippen molar-refractivity contribution in [3.05, 3.63) is 12.3 Å². The molecule has 0 unspecified atom stereocenters. The molecule has 3 rings (SSSR count). The van der Waals surface area contributed by atoms with Gasteiger partial charge in [0, 0.05) is 6.54 Å². The van der Waals surface area contributed by atoms with Crippen molar-refractivity contribution < 1.29 is 14.6 Å². The van der Waals surface area contributed by atoms with Crippen molar-refractivity contribution in [2.75, 3.05) is 13.1 Å². The summed E-state index contributed by atoms with van der Waals surface area (Å²) >= 11 is 17.4. The highest BCUT2D eigenvalue weighted by Crippen LogP contribution is 2.44. The molecule has 0 amide bonds. The molecular formula is C14H23Cl3N2O3. The van der Waals surface area contributed by atoms with Crippen LogP contribution < -0.4 is 5.32 Å². The quantitative estimate of drug-likeness (QED) is 0.691. The number of halogens is 3. The van der Waals surface area contributed by atoms with E-state index in [4.69, 9.17) is 44.6 Å². The standard InChI is InChI=1S/C8H10Cl3NO.C5H9NO2.CH4/c1-5-6-3-2-4-12(6)7(13-5)8(9,10)11;7-5(8)4-2-1-3-6-4;/h6-7H,1-4H2;4,6H,1-3H2,(H,7,8);1H4/t6-,7+;4-;/m11./s1. The van der Waals surface area contributed by atoms with Crippen LogP contribution in [0.2, 0.25) is 0 Å². The molecule has 0 saturated carbocycles. The third-order valence-corrected chi connectivity index (χ3v) is 4.43. The van der Waals surface area contributed by atoms with E-state index < -0.39 is 16.0 Å². The van der Waals surface area contributed by atoms with Crippen molar-refractivity contribution in [3.63, 3.8) is 0 Å². The molecule has 0 aromatic rings. The van der Waals surface area contributed by atoms with Crippen LogP contribution in [0.15, 0.2) is 12.3 Å². The van der Waals surface area contributed by atoms with Crippen molar-refractivity contribution in [1.82, 2.24) is 10.2 Å². The zero-order valence-corrected chi connectivity index (χ0v) is 13.8. The van der Waals surface area contributed by atoms with Gasteiger partial charge in [-0.3, -0.25) is 9.69 Å². The summed E-state index contributed by atoms with van der Waals surface area (Å²) in [5, 5.41) is 11.2. The van der Waals surface area contributed by atoms with Crippen molar-refractivity contribution in [3.8, 4) is 0 Å². The molecule has 3 aliphatic heterocycles. The largest absolute Gasteiger partial charge is 0.480 e. The zero-order valence-electron chi connectivity index (χ0n) is 11.5. The van der Waals surface area contributed by atoms with E-state index in [9.17, 15) is 4.79 Å². The summed E-state index contributed by atoms with van der Waals surface area (Å²) in [6.07, 6.45) is 3.49. The number of alkyl halides is 3. The predicted octanol–water partition coefficient (Wildman–Crippen LogP) is 3.15. The Balaban J connectivity index is 0.000000234. The third-order valence-electron chi connectivity index (χ3n) is 3.87. The maximum Gasteiger partial charge on any atom is 0.320 e. The number of carboxylic acid groups (broad SMARTS) is 1. The van der Waals surface area contributed by atoms with Crippen LogP contribution in [0.4, 0.5) is 0 Å². The Hall–Kier alpha value is -0.200. The van der Waals surface area contributed by atoms with Gasteiger partial charge in [-0.2, -0.15) is 0 Å². The van der Waals surface area contributed by atoms with Gasteiger partial charge in [-0.15, -0.1) is 0 Å². The van der Waals surface area contributed by atoms with Crippen molar-refractivity contribution in [2.24, 2.45) is 0 Å². The van der Waals surface area contributed by atoms with Gasteiger partial charge in [0.15, 0.2) is 6.23 Å². The minimum absolute atomic E-state index is 0. The lowest BCUT2D eigenvalue weighted by Crippen LogP contribution is -2.40. The van der Waals surface area contributed by atoms with Crippen LogP contribution in [0.25, 0.3) is 0 Å². The van der Waals surface area contributed by atoms with Gasteiger partial charge in [-0.1, -0.05) is 48.8 Å². The summed E-state index contributed by atoms with van der Waals surface area (Å²) in [7, 11) is 0. The van der Waals surface area contributed by atoms with E-state index in [1.807, 2.05) is 0 Å². The monoisotopic (exact) mass is 372 g/mol. The molecule has 2 N–H and O–H groups in total. The molecule has 3 heterocycles. The molecule has 3 saturated heterocycles. The number of carboxylic acids is 1. The van der Waals surface area contributed by atoms with E-state index in [-0.39, 0.29) is 19.5 Å². The van der Waals surface area contributed by atoms with Crippen molar-refractivity contribution in [1.29, 1.82) is 0 Å². The summed E-state index contributed by atoms with van der Waals surface area (Å²) in [5.41, 5.74) is 0. The van der Waals surface area contributed by atoms with E-state index in [0.29, 0.717) is 0 Å². The van der Waals surface area contributed by atoms with E-state index in [1.165, 1.54) is 0 Å². The van der Waals surface area contributed by atoms with Crippen LogP contribution in [-0.4, -0.2) is 51.2 Å². The number of aliphatic carboxylic acids is 1. The molecular weight excluding hydrogens is 351 g/mol. The Bertz CT molecular complexity index is 409. The third kappa shape index (κ3) is 4.65. The molecule has 0 spiro atoms. The molecule has 128 valence electrons. The van der Waals surface area contributed by atoms with Crippen LogP contribution >= 0.6 is 34.8 Å². The molecule has 8 heteroatoms. The lowest BCUT2D eigenvalue weighted by Gasteiger charge is -2.26. The predicted molar refractivity (Wildman–Crippen MR) is 89.4 cm³/mol. The van der Waals surface area contributed by atoms with Crippen molar-refractivity contribution in [2.45, 2.75) is 55.2 Å². The van der Waals surface area contributed by atoms with Crippen LogP contribution in [0, 0.1) is 0 Å². The fraction of sp³-hybridized carbons (Fsp3) is 0.786. The molecule has 0 aromatic heterocycles. The number of hydrogen-bond acceptors (Lipinski definition) is 4. The average molecular weight is 374 g/mol. The average Bonchev–Trinajstić information content (AvgIpc) is 3.06. The van der Waals surface area contributed by atoms with Crippen LogP contribution in [0.3, 0.4) is 0 Å². The van der Waals surface area contributed by atoms with Gasteiger partial charge in [0.05, 0.1) is 6.04 Å². The van der Waals surface area contributed by atoms with Gasteiger partial charge < -0.3 is 15.2 Å².